The third kappa shape index (κ3) is 3.41. The minimum Gasteiger partial charge on any atom is -0.492 e. The molecular weight excluding hydrogens is 393 g/mol. The number of fused-ring (bicyclic) bond motifs is 1. The topological polar surface area (TPSA) is 107 Å². The van der Waals surface area contributed by atoms with E-state index in [0.29, 0.717) is 38.1 Å². The van der Waals surface area contributed by atoms with E-state index in [2.05, 4.69) is 0 Å². The number of piperidine rings is 1. The standard InChI is InChI=1S/C21H26FN3O5/c1-29-11-21(23)5-7-24(8-6-21)17-15(22)9-13-16(19(17)30-2)25(12-3-4-12)10-14(18(13)26)20(27)28/h9-10,12H,3-8,11,23H2,1-2H3,(H,27,28). The van der Waals surface area contributed by atoms with Gasteiger partial charge in [-0.05, 0) is 31.7 Å². The summed E-state index contributed by atoms with van der Waals surface area (Å²) in [6.45, 7) is 1.45. The predicted octanol–water partition coefficient (Wildman–Crippen LogP) is 2.13. The summed E-state index contributed by atoms with van der Waals surface area (Å²) in [5.41, 5.74) is 5.55. The van der Waals surface area contributed by atoms with Gasteiger partial charge in [0.15, 0.2) is 11.6 Å². The average Bonchev–Trinajstić information content (AvgIpc) is 3.54. The van der Waals surface area contributed by atoms with Gasteiger partial charge in [-0.1, -0.05) is 0 Å². The maximum atomic E-state index is 15.3. The Hall–Kier alpha value is -2.65. The third-order valence-corrected chi connectivity index (χ3v) is 6.08. The first-order valence-corrected chi connectivity index (χ1v) is 10.0. The molecule has 0 spiro atoms. The number of anilines is 1. The summed E-state index contributed by atoms with van der Waals surface area (Å²) in [7, 11) is 3.04. The lowest BCUT2D eigenvalue weighted by molar-refractivity contribution is 0.0695. The number of methoxy groups -OCH3 is 2. The Bertz CT molecular complexity index is 1060. The van der Waals surface area contributed by atoms with Gasteiger partial charge in [0.05, 0.1) is 24.6 Å². The Morgan fingerprint density at radius 2 is 2.00 bits per heavy atom. The molecule has 3 N–H and O–H groups in total. The zero-order chi connectivity index (χ0) is 21.6. The van der Waals surface area contributed by atoms with E-state index < -0.39 is 22.8 Å². The summed E-state index contributed by atoms with van der Waals surface area (Å²) in [5.74, 6) is -1.69. The van der Waals surface area contributed by atoms with Crippen LogP contribution in [-0.4, -0.2) is 55.1 Å². The number of halogens is 1. The van der Waals surface area contributed by atoms with Crippen LogP contribution in [0.2, 0.25) is 0 Å². The minimum atomic E-state index is -1.33. The molecule has 0 atom stereocenters. The monoisotopic (exact) mass is 419 g/mol. The van der Waals surface area contributed by atoms with Gasteiger partial charge in [0.2, 0.25) is 5.43 Å². The first-order chi connectivity index (χ1) is 14.3. The average molecular weight is 419 g/mol. The largest absolute Gasteiger partial charge is 0.492 e. The fourth-order valence-corrected chi connectivity index (χ4v) is 4.33. The molecule has 2 heterocycles. The Labute approximate surface area is 173 Å². The number of aromatic carboxylic acids is 1. The van der Waals surface area contributed by atoms with Gasteiger partial charge in [0.25, 0.3) is 0 Å². The van der Waals surface area contributed by atoms with Crippen molar-refractivity contribution >= 4 is 22.6 Å². The van der Waals surface area contributed by atoms with Crippen molar-refractivity contribution in [2.45, 2.75) is 37.3 Å². The van der Waals surface area contributed by atoms with Crippen LogP contribution in [0.1, 0.15) is 42.1 Å². The number of rotatable bonds is 6. The van der Waals surface area contributed by atoms with Crippen LogP contribution in [0.15, 0.2) is 17.1 Å². The van der Waals surface area contributed by atoms with Crippen molar-refractivity contribution in [1.82, 2.24) is 4.57 Å². The van der Waals surface area contributed by atoms with Gasteiger partial charge in [-0.3, -0.25) is 4.79 Å². The van der Waals surface area contributed by atoms with E-state index >= 15 is 4.39 Å². The first-order valence-electron chi connectivity index (χ1n) is 10.0. The van der Waals surface area contributed by atoms with Crippen molar-refractivity contribution in [2.24, 2.45) is 5.73 Å². The highest BCUT2D eigenvalue weighted by Gasteiger charge is 2.35. The summed E-state index contributed by atoms with van der Waals surface area (Å²) >= 11 is 0. The molecule has 0 unspecified atom stereocenters. The van der Waals surface area contributed by atoms with Crippen LogP contribution >= 0.6 is 0 Å². The summed E-state index contributed by atoms with van der Waals surface area (Å²) < 4.78 is 27.9. The summed E-state index contributed by atoms with van der Waals surface area (Å²) in [6, 6.07) is 1.21. The lowest BCUT2D eigenvalue weighted by Crippen LogP contribution is -2.53. The Morgan fingerprint density at radius 3 is 2.53 bits per heavy atom. The van der Waals surface area contributed by atoms with Gasteiger partial charge < -0.3 is 29.8 Å². The van der Waals surface area contributed by atoms with Crippen LogP contribution in [0.4, 0.5) is 10.1 Å². The van der Waals surface area contributed by atoms with Crippen molar-refractivity contribution < 1.29 is 23.8 Å². The van der Waals surface area contributed by atoms with E-state index in [1.165, 1.54) is 13.3 Å². The molecule has 0 amide bonds. The number of nitrogens with zero attached hydrogens (tertiary/aromatic N) is 2. The molecule has 0 radical (unpaired) electrons. The van der Waals surface area contributed by atoms with Crippen LogP contribution in [0.3, 0.4) is 0 Å². The van der Waals surface area contributed by atoms with Crippen LogP contribution in [0, 0.1) is 5.82 Å². The van der Waals surface area contributed by atoms with Crippen molar-refractivity contribution in [3.63, 3.8) is 0 Å². The zero-order valence-corrected chi connectivity index (χ0v) is 17.1. The number of nitrogens with two attached hydrogens (primary N) is 1. The number of carboxylic acids is 1. The molecule has 8 nitrogen and oxygen atoms in total. The van der Waals surface area contributed by atoms with Crippen LogP contribution in [0.25, 0.3) is 10.9 Å². The fourth-order valence-electron chi connectivity index (χ4n) is 4.33. The number of benzene rings is 1. The number of hydrogen-bond acceptors (Lipinski definition) is 6. The first kappa shape index (κ1) is 20.6. The molecule has 1 saturated heterocycles. The van der Waals surface area contributed by atoms with Crippen LogP contribution in [0.5, 0.6) is 5.75 Å². The van der Waals surface area contributed by atoms with E-state index in [1.807, 2.05) is 4.90 Å². The molecule has 30 heavy (non-hydrogen) atoms. The van der Waals surface area contributed by atoms with Crippen molar-refractivity contribution in [1.29, 1.82) is 0 Å². The summed E-state index contributed by atoms with van der Waals surface area (Å²) in [6.07, 6.45) is 4.32. The predicted molar refractivity (Wildman–Crippen MR) is 110 cm³/mol. The summed E-state index contributed by atoms with van der Waals surface area (Å²) in [5, 5.41) is 9.45. The van der Waals surface area contributed by atoms with Crippen molar-refractivity contribution in [3.05, 3.63) is 33.9 Å². The molecule has 4 rings (SSSR count). The lowest BCUT2D eigenvalue weighted by Gasteiger charge is -2.40. The molecule has 0 bridgehead atoms. The minimum absolute atomic E-state index is 0.0180. The molecule has 1 aliphatic carbocycles. The quantitative estimate of drug-likeness (QED) is 0.739. The van der Waals surface area contributed by atoms with Crippen molar-refractivity contribution in [2.75, 3.05) is 38.8 Å². The normalized spacial score (nSPS) is 18.6. The molecule has 2 aromatic rings. The van der Waals surface area contributed by atoms with E-state index in [0.717, 1.165) is 18.9 Å². The fraction of sp³-hybridized carbons (Fsp3) is 0.524. The zero-order valence-electron chi connectivity index (χ0n) is 17.1. The van der Waals surface area contributed by atoms with Gasteiger partial charge >= 0.3 is 5.97 Å². The molecule has 9 heteroatoms. The van der Waals surface area contributed by atoms with Crippen LogP contribution < -0.4 is 20.8 Å². The third-order valence-electron chi connectivity index (χ3n) is 6.08. The van der Waals surface area contributed by atoms with Gasteiger partial charge in [-0.25, -0.2) is 9.18 Å². The molecule has 1 aromatic heterocycles. The van der Waals surface area contributed by atoms with Gasteiger partial charge in [-0.15, -0.1) is 0 Å². The summed E-state index contributed by atoms with van der Waals surface area (Å²) in [4.78, 5) is 26.2. The number of carboxylic acid groups (broad SMARTS) is 1. The highest BCUT2D eigenvalue weighted by Crippen LogP contribution is 2.44. The molecule has 2 fully saturated rings. The number of hydrogen-bond donors (Lipinski definition) is 2. The van der Waals surface area contributed by atoms with E-state index in [4.69, 9.17) is 15.2 Å². The van der Waals surface area contributed by atoms with Gasteiger partial charge in [0, 0.05) is 38.0 Å². The Morgan fingerprint density at radius 1 is 1.33 bits per heavy atom. The number of pyridine rings is 1. The highest BCUT2D eigenvalue weighted by molar-refractivity contribution is 5.97. The molecular formula is C21H26FN3O5. The number of aromatic nitrogens is 1. The van der Waals surface area contributed by atoms with E-state index in [9.17, 15) is 14.7 Å². The number of ether oxygens (including phenoxy) is 2. The van der Waals surface area contributed by atoms with Gasteiger partial charge in [-0.2, -0.15) is 0 Å². The van der Waals surface area contributed by atoms with E-state index in [-0.39, 0.29) is 28.4 Å². The van der Waals surface area contributed by atoms with Gasteiger partial charge in [0.1, 0.15) is 11.3 Å². The number of carbonyl (C=O) groups is 1. The smallest absolute Gasteiger partial charge is 0.341 e. The second-order valence-electron chi connectivity index (χ2n) is 8.23. The maximum Gasteiger partial charge on any atom is 0.341 e. The molecule has 1 saturated carbocycles. The van der Waals surface area contributed by atoms with Crippen LogP contribution in [-0.2, 0) is 4.74 Å². The Balaban J connectivity index is 1.87. The maximum absolute atomic E-state index is 15.3. The molecule has 162 valence electrons. The molecule has 1 aromatic carbocycles. The second-order valence-corrected chi connectivity index (χ2v) is 8.23. The highest BCUT2D eigenvalue weighted by atomic mass is 19.1. The second kappa shape index (κ2) is 7.55. The lowest BCUT2D eigenvalue weighted by atomic mass is 9.89. The molecule has 2 aliphatic rings. The van der Waals surface area contributed by atoms with E-state index in [1.54, 1.807) is 11.7 Å². The molecule has 1 aliphatic heterocycles. The Kier molecular flexibility index (Phi) is 5.19. The van der Waals surface area contributed by atoms with Crippen molar-refractivity contribution in [3.8, 4) is 5.75 Å². The SMILES string of the molecule is COCC1(N)CCN(c2c(F)cc3c(=O)c(C(=O)O)cn(C4CC4)c3c2OC)CC1.